The third kappa shape index (κ3) is 6.03. The average Bonchev–Trinajstić information content (AvgIpc) is 2.21. The molecule has 0 bridgehead atoms. The van der Waals surface area contributed by atoms with E-state index in [1.165, 1.54) is 6.42 Å². The lowest BCUT2D eigenvalue weighted by Gasteiger charge is -2.21. The van der Waals surface area contributed by atoms with Crippen LogP contribution in [0.2, 0.25) is 0 Å². The van der Waals surface area contributed by atoms with Crippen LogP contribution in [-0.2, 0) is 4.79 Å². The van der Waals surface area contributed by atoms with Gasteiger partial charge in [-0.05, 0) is 12.8 Å². The molecule has 0 aromatic heterocycles. The molecule has 1 atom stereocenters. The van der Waals surface area contributed by atoms with E-state index in [1.54, 1.807) is 0 Å². The molecule has 0 heterocycles. The van der Waals surface area contributed by atoms with Crippen LogP contribution in [0.15, 0.2) is 0 Å². The molecule has 0 aromatic carbocycles. The molecule has 0 fully saturated rings. The summed E-state index contributed by atoms with van der Waals surface area (Å²) in [5, 5.41) is 9.08. The highest BCUT2D eigenvalue weighted by molar-refractivity contribution is 6.33. The molecular formula is C12H23ClO2. The van der Waals surface area contributed by atoms with Crippen molar-refractivity contribution in [3.63, 3.8) is 0 Å². The maximum Gasteiger partial charge on any atom is 0.324 e. The number of aliphatic carboxylic acids is 1. The monoisotopic (exact) mass is 234 g/mol. The van der Waals surface area contributed by atoms with Gasteiger partial charge in [-0.3, -0.25) is 4.79 Å². The molecule has 0 rings (SSSR count). The van der Waals surface area contributed by atoms with Crippen LogP contribution < -0.4 is 0 Å². The Balaban J connectivity index is 3.96. The van der Waals surface area contributed by atoms with Crippen LogP contribution >= 0.6 is 11.6 Å². The molecule has 0 spiro atoms. The predicted octanol–water partition coefficient (Wildman–Crippen LogP) is 4.21. The molecule has 0 aliphatic rings. The molecule has 0 saturated carbocycles. The molecular weight excluding hydrogens is 212 g/mol. The zero-order valence-corrected chi connectivity index (χ0v) is 10.6. The van der Waals surface area contributed by atoms with Crippen molar-refractivity contribution < 1.29 is 9.90 Å². The highest BCUT2D eigenvalue weighted by Crippen LogP contribution is 2.29. The largest absolute Gasteiger partial charge is 0.480 e. The SMILES string of the molecule is CCCCCCC(Cl)(CCCC)C(=O)O. The molecule has 3 heteroatoms. The van der Waals surface area contributed by atoms with E-state index in [4.69, 9.17) is 16.7 Å². The van der Waals surface area contributed by atoms with Gasteiger partial charge in [-0.2, -0.15) is 0 Å². The minimum Gasteiger partial charge on any atom is -0.480 e. The van der Waals surface area contributed by atoms with E-state index in [0.29, 0.717) is 12.8 Å². The zero-order valence-electron chi connectivity index (χ0n) is 9.89. The predicted molar refractivity (Wildman–Crippen MR) is 64.5 cm³/mol. The average molecular weight is 235 g/mol. The fraction of sp³-hybridized carbons (Fsp3) is 0.917. The topological polar surface area (TPSA) is 37.3 Å². The smallest absolute Gasteiger partial charge is 0.324 e. The van der Waals surface area contributed by atoms with Gasteiger partial charge in [0.25, 0.3) is 0 Å². The molecule has 1 unspecified atom stereocenters. The van der Waals surface area contributed by atoms with Gasteiger partial charge in [-0.25, -0.2) is 0 Å². The van der Waals surface area contributed by atoms with Gasteiger partial charge in [0.1, 0.15) is 4.87 Å². The molecule has 2 nitrogen and oxygen atoms in total. The summed E-state index contributed by atoms with van der Waals surface area (Å²) in [7, 11) is 0. The number of carbonyl (C=O) groups is 1. The number of carboxylic acids is 1. The quantitative estimate of drug-likeness (QED) is 0.479. The number of hydrogen-bond donors (Lipinski definition) is 1. The second kappa shape index (κ2) is 7.98. The van der Waals surface area contributed by atoms with Crippen molar-refractivity contribution >= 4 is 17.6 Å². The molecule has 0 amide bonds. The van der Waals surface area contributed by atoms with Gasteiger partial charge in [0.05, 0.1) is 0 Å². The van der Waals surface area contributed by atoms with Crippen LogP contribution in [0.1, 0.15) is 65.2 Å². The molecule has 90 valence electrons. The summed E-state index contributed by atoms with van der Waals surface area (Å²) in [6.45, 7) is 4.19. The van der Waals surface area contributed by atoms with E-state index < -0.39 is 10.8 Å². The van der Waals surface area contributed by atoms with Gasteiger partial charge < -0.3 is 5.11 Å². The first-order chi connectivity index (χ1) is 7.06. The van der Waals surface area contributed by atoms with Crippen molar-refractivity contribution in [3.8, 4) is 0 Å². The lowest BCUT2D eigenvalue weighted by atomic mass is 9.94. The zero-order chi connectivity index (χ0) is 11.7. The molecule has 0 aromatic rings. The van der Waals surface area contributed by atoms with Crippen LogP contribution in [0.25, 0.3) is 0 Å². The minimum absolute atomic E-state index is 0.590. The molecule has 15 heavy (non-hydrogen) atoms. The number of halogens is 1. The van der Waals surface area contributed by atoms with E-state index in [-0.39, 0.29) is 0 Å². The van der Waals surface area contributed by atoms with Gasteiger partial charge in [-0.1, -0.05) is 52.4 Å². The van der Waals surface area contributed by atoms with Crippen LogP contribution in [-0.4, -0.2) is 16.0 Å². The number of carboxylic acid groups (broad SMARTS) is 1. The van der Waals surface area contributed by atoms with Crippen molar-refractivity contribution in [2.45, 2.75) is 70.1 Å². The Bertz CT molecular complexity index is 182. The van der Waals surface area contributed by atoms with Crippen molar-refractivity contribution in [2.75, 3.05) is 0 Å². The molecule has 0 saturated heterocycles. The van der Waals surface area contributed by atoms with Crippen molar-refractivity contribution in [2.24, 2.45) is 0 Å². The van der Waals surface area contributed by atoms with Gasteiger partial charge in [0.15, 0.2) is 0 Å². The highest BCUT2D eigenvalue weighted by Gasteiger charge is 2.34. The third-order valence-corrected chi connectivity index (χ3v) is 3.28. The van der Waals surface area contributed by atoms with E-state index in [1.807, 2.05) is 0 Å². The van der Waals surface area contributed by atoms with Gasteiger partial charge in [0.2, 0.25) is 0 Å². The number of hydrogen-bond acceptors (Lipinski definition) is 1. The number of alkyl halides is 1. The van der Waals surface area contributed by atoms with Crippen LogP contribution in [0, 0.1) is 0 Å². The van der Waals surface area contributed by atoms with E-state index in [9.17, 15) is 4.79 Å². The van der Waals surface area contributed by atoms with Crippen molar-refractivity contribution in [1.82, 2.24) is 0 Å². The second-order valence-electron chi connectivity index (χ2n) is 4.18. The Morgan fingerprint density at radius 3 is 2.07 bits per heavy atom. The first-order valence-electron chi connectivity index (χ1n) is 5.99. The third-order valence-electron chi connectivity index (χ3n) is 2.74. The Labute approximate surface area is 98.0 Å². The van der Waals surface area contributed by atoms with Gasteiger partial charge >= 0.3 is 5.97 Å². The maximum atomic E-state index is 11.1. The Morgan fingerprint density at radius 2 is 1.60 bits per heavy atom. The molecule has 0 aliphatic heterocycles. The van der Waals surface area contributed by atoms with Gasteiger partial charge in [-0.15, -0.1) is 11.6 Å². The minimum atomic E-state index is -1.01. The summed E-state index contributed by atoms with van der Waals surface area (Å²) in [6.07, 6.45) is 7.42. The fourth-order valence-corrected chi connectivity index (χ4v) is 1.90. The van der Waals surface area contributed by atoms with Crippen LogP contribution in [0.5, 0.6) is 0 Å². The standard InChI is InChI=1S/C12H23ClO2/c1-3-5-7-8-10-12(13,11(14)15)9-6-4-2/h3-10H2,1-2H3,(H,14,15). The van der Waals surface area contributed by atoms with Crippen molar-refractivity contribution in [1.29, 1.82) is 0 Å². The molecule has 1 N–H and O–H groups in total. The second-order valence-corrected chi connectivity index (χ2v) is 4.91. The Kier molecular flexibility index (Phi) is 7.85. The first-order valence-corrected chi connectivity index (χ1v) is 6.37. The number of unbranched alkanes of at least 4 members (excludes halogenated alkanes) is 4. The highest BCUT2D eigenvalue weighted by atomic mass is 35.5. The fourth-order valence-electron chi connectivity index (χ4n) is 1.63. The lowest BCUT2D eigenvalue weighted by Crippen LogP contribution is -2.32. The summed E-state index contributed by atoms with van der Waals surface area (Å²) in [4.78, 5) is 10.0. The van der Waals surface area contributed by atoms with E-state index >= 15 is 0 Å². The first kappa shape index (κ1) is 14.8. The van der Waals surface area contributed by atoms with Crippen LogP contribution in [0.3, 0.4) is 0 Å². The molecule has 0 aliphatic carbocycles. The van der Waals surface area contributed by atoms with E-state index in [0.717, 1.165) is 32.1 Å². The normalized spacial score (nSPS) is 14.9. The lowest BCUT2D eigenvalue weighted by molar-refractivity contribution is -0.140. The number of rotatable bonds is 9. The van der Waals surface area contributed by atoms with E-state index in [2.05, 4.69) is 13.8 Å². The summed E-state index contributed by atoms with van der Waals surface area (Å²) in [5.41, 5.74) is 0. The van der Waals surface area contributed by atoms with Crippen molar-refractivity contribution in [3.05, 3.63) is 0 Å². The van der Waals surface area contributed by atoms with Crippen LogP contribution in [0.4, 0.5) is 0 Å². The summed E-state index contributed by atoms with van der Waals surface area (Å²) < 4.78 is 0. The maximum absolute atomic E-state index is 11.1. The Hall–Kier alpha value is -0.240. The Morgan fingerprint density at radius 1 is 1.07 bits per heavy atom. The summed E-state index contributed by atoms with van der Waals surface area (Å²) >= 11 is 6.13. The summed E-state index contributed by atoms with van der Waals surface area (Å²) in [6, 6.07) is 0. The van der Waals surface area contributed by atoms with Gasteiger partial charge in [0, 0.05) is 0 Å². The summed E-state index contributed by atoms with van der Waals surface area (Å²) in [5.74, 6) is -0.853. The molecule has 0 radical (unpaired) electrons.